The molecule has 0 aromatic carbocycles. The van der Waals surface area contributed by atoms with Crippen molar-refractivity contribution in [2.75, 3.05) is 0 Å². The SMILES string of the molecule is CC(=O)C(F)(F)C(F)(F)C(F)(F)C(F)(F)C(F)(F)C(C)(F)F. The number of halogens is 12. The zero-order valence-electron chi connectivity index (χ0n) is 10.4. The third-order valence-corrected chi connectivity index (χ3v) is 2.57. The molecule has 22 heavy (non-hydrogen) atoms. The molecule has 0 heterocycles. The summed E-state index contributed by atoms with van der Waals surface area (Å²) >= 11 is 0. The van der Waals surface area contributed by atoms with Crippen molar-refractivity contribution in [3.63, 3.8) is 0 Å². The van der Waals surface area contributed by atoms with Crippen molar-refractivity contribution in [1.82, 2.24) is 0 Å². The fourth-order valence-corrected chi connectivity index (χ4v) is 1.09. The van der Waals surface area contributed by atoms with Gasteiger partial charge in [0.15, 0.2) is 0 Å². The maximum atomic E-state index is 12.9. The van der Waals surface area contributed by atoms with Gasteiger partial charge >= 0.3 is 35.5 Å². The Kier molecular flexibility index (Phi) is 4.65. The predicted octanol–water partition coefficient (Wildman–Crippen LogP) is 4.41. The van der Waals surface area contributed by atoms with Crippen LogP contribution in [0.1, 0.15) is 13.8 Å². The van der Waals surface area contributed by atoms with Crippen LogP contribution in [0.2, 0.25) is 0 Å². The molecule has 0 atom stereocenters. The highest BCUT2D eigenvalue weighted by molar-refractivity contribution is 5.84. The Morgan fingerprint density at radius 2 is 0.864 bits per heavy atom. The summed E-state index contributed by atoms with van der Waals surface area (Å²) in [5, 5.41) is 0. The lowest BCUT2D eigenvalue weighted by Crippen LogP contribution is -2.71. The van der Waals surface area contributed by atoms with Crippen molar-refractivity contribution in [1.29, 1.82) is 0 Å². The van der Waals surface area contributed by atoms with Gasteiger partial charge in [-0.2, -0.15) is 52.7 Å². The molecule has 0 bridgehead atoms. The lowest BCUT2D eigenvalue weighted by Gasteiger charge is -2.40. The van der Waals surface area contributed by atoms with Crippen LogP contribution >= 0.6 is 0 Å². The van der Waals surface area contributed by atoms with Gasteiger partial charge in [0.25, 0.3) is 0 Å². The fourth-order valence-electron chi connectivity index (χ4n) is 1.09. The molecule has 0 radical (unpaired) electrons. The van der Waals surface area contributed by atoms with Crippen LogP contribution in [0.15, 0.2) is 0 Å². The van der Waals surface area contributed by atoms with Crippen LogP contribution in [0.25, 0.3) is 0 Å². The van der Waals surface area contributed by atoms with Crippen molar-refractivity contribution >= 4 is 5.78 Å². The van der Waals surface area contributed by atoms with E-state index < -0.39 is 55.2 Å². The second kappa shape index (κ2) is 4.91. The largest absolute Gasteiger partial charge is 0.385 e. The molecule has 0 aliphatic carbocycles. The van der Waals surface area contributed by atoms with Gasteiger partial charge in [-0.15, -0.1) is 0 Å². The second-order valence-electron chi connectivity index (χ2n) is 4.32. The standard InChI is InChI=1S/C9H6F12O/c1-3(22)5(12,13)7(16,17)9(20,21)8(18,19)6(14,15)4(2,10)11/h1-2H3. The number of alkyl halides is 12. The lowest BCUT2D eigenvalue weighted by atomic mass is 9.91. The van der Waals surface area contributed by atoms with Gasteiger partial charge in [-0.1, -0.05) is 0 Å². The lowest BCUT2D eigenvalue weighted by molar-refractivity contribution is -0.418. The number of ketones is 1. The Morgan fingerprint density at radius 3 is 1.09 bits per heavy atom. The number of hydrogen-bond acceptors (Lipinski definition) is 1. The zero-order chi connectivity index (χ0) is 18.6. The summed E-state index contributed by atoms with van der Waals surface area (Å²) in [6.07, 6.45) is 0. The first kappa shape index (κ1) is 20.8. The van der Waals surface area contributed by atoms with Crippen LogP contribution < -0.4 is 0 Å². The first-order valence-electron chi connectivity index (χ1n) is 4.97. The van der Waals surface area contributed by atoms with Crippen LogP contribution in [0, 0.1) is 0 Å². The van der Waals surface area contributed by atoms with Crippen LogP contribution in [0.3, 0.4) is 0 Å². The Bertz CT molecular complexity index is 446. The van der Waals surface area contributed by atoms with E-state index in [9.17, 15) is 57.5 Å². The highest BCUT2D eigenvalue weighted by Gasteiger charge is 2.90. The highest BCUT2D eigenvalue weighted by Crippen LogP contribution is 2.59. The highest BCUT2D eigenvalue weighted by atomic mass is 19.4. The Labute approximate surface area is 114 Å². The topological polar surface area (TPSA) is 17.1 Å². The summed E-state index contributed by atoms with van der Waals surface area (Å²) in [7, 11) is 0. The van der Waals surface area contributed by atoms with E-state index in [4.69, 9.17) is 0 Å². The molecule has 0 rings (SSSR count). The number of hydrogen-bond donors (Lipinski definition) is 0. The molecule has 0 aromatic heterocycles. The van der Waals surface area contributed by atoms with Crippen LogP contribution in [-0.2, 0) is 4.79 Å². The molecule has 13 heteroatoms. The van der Waals surface area contributed by atoms with Gasteiger partial charge in [-0.3, -0.25) is 4.79 Å². The second-order valence-corrected chi connectivity index (χ2v) is 4.32. The van der Waals surface area contributed by atoms with E-state index in [0.717, 1.165) is 0 Å². The summed E-state index contributed by atoms with van der Waals surface area (Å²) in [5.74, 6) is -45.2. The molecule has 0 spiro atoms. The van der Waals surface area contributed by atoms with Crippen LogP contribution in [0.5, 0.6) is 0 Å². The summed E-state index contributed by atoms with van der Waals surface area (Å²) in [6.45, 7) is -1.41. The maximum absolute atomic E-state index is 12.9. The van der Waals surface area contributed by atoms with E-state index in [-0.39, 0.29) is 0 Å². The van der Waals surface area contributed by atoms with E-state index >= 15 is 0 Å². The third kappa shape index (κ3) is 2.41. The number of Topliss-reactive ketones (excluding diaryl/α,β-unsaturated/α-hetero) is 1. The van der Waals surface area contributed by atoms with Crippen LogP contribution in [0.4, 0.5) is 52.7 Å². The Hall–Kier alpha value is -1.17. The zero-order valence-corrected chi connectivity index (χ0v) is 10.4. The van der Waals surface area contributed by atoms with E-state index in [2.05, 4.69) is 0 Å². The van der Waals surface area contributed by atoms with Gasteiger partial charge in [0.05, 0.1) is 0 Å². The van der Waals surface area contributed by atoms with Crippen molar-refractivity contribution in [3.05, 3.63) is 0 Å². The normalized spacial score (nSPS) is 15.9. The number of carbonyl (C=O) groups excluding carboxylic acids is 1. The summed E-state index contributed by atoms with van der Waals surface area (Å²) in [4.78, 5) is 10.2. The molecule has 0 N–H and O–H groups in total. The quantitative estimate of drug-likeness (QED) is 0.643. The van der Waals surface area contributed by atoms with E-state index in [1.54, 1.807) is 0 Å². The Morgan fingerprint density at radius 1 is 0.591 bits per heavy atom. The van der Waals surface area contributed by atoms with E-state index in [1.807, 2.05) is 0 Å². The molecule has 0 unspecified atom stereocenters. The molecule has 0 aliphatic heterocycles. The van der Waals surface area contributed by atoms with Crippen molar-refractivity contribution in [2.24, 2.45) is 0 Å². The fraction of sp³-hybridized carbons (Fsp3) is 0.889. The monoisotopic (exact) mass is 358 g/mol. The molecule has 0 aliphatic rings. The van der Waals surface area contributed by atoms with Gasteiger partial charge < -0.3 is 0 Å². The molecule has 1 nitrogen and oxygen atoms in total. The average Bonchev–Trinajstić information content (AvgIpc) is 2.25. The number of rotatable bonds is 6. The number of carbonyl (C=O) groups is 1. The molecule has 0 saturated heterocycles. The van der Waals surface area contributed by atoms with E-state index in [0.29, 0.717) is 0 Å². The van der Waals surface area contributed by atoms with E-state index in [1.165, 1.54) is 0 Å². The third-order valence-electron chi connectivity index (χ3n) is 2.57. The van der Waals surface area contributed by atoms with Gasteiger partial charge in [0.1, 0.15) is 0 Å². The van der Waals surface area contributed by atoms with Gasteiger partial charge in [0, 0.05) is 13.8 Å². The molecule has 0 saturated carbocycles. The first-order valence-corrected chi connectivity index (χ1v) is 4.97. The molecular weight excluding hydrogens is 352 g/mol. The van der Waals surface area contributed by atoms with Gasteiger partial charge in [-0.25, -0.2) is 0 Å². The van der Waals surface area contributed by atoms with Gasteiger partial charge in [-0.05, 0) is 0 Å². The molecule has 0 amide bonds. The maximum Gasteiger partial charge on any atom is 0.385 e. The average molecular weight is 358 g/mol. The van der Waals surface area contributed by atoms with Gasteiger partial charge in [0.2, 0.25) is 5.78 Å². The minimum atomic E-state index is -7.67. The van der Waals surface area contributed by atoms with Crippen molar-refractivity contribution in [2.45, 2.75) is 49.4 Å². The van der Waals surface area contributed by atoms with Crippen molar-refractivity contribution < 1.29 is 57.5 Å². The van der Waals surface area contributed by atoms with Crippen LogP contribution in [-0.4, -0.2) is 41.3 Å². The first-order chi connectivity index (χ1) is 9.19. The Balaban J connectivity index is 6.29. The summed E-state index contributed by atoms with van der Waals surface area (Å²) < 4.78 is 153. The predicted molar refractivity (Wildman–Crippen MR) is 46.0 cm³/mol. The summed E-state index contributed by atoms with van der Waals surface area (Å²) in [6, 6.07) is 0. The molecular formula is C9H6F12O. The molecule has 132 valence electrons. The molecule has 0 fully saturated rings. The molecule has 0 aromatic rings. The van der Waals surface area contributed by atoms with Crippen molar-refractivity contribution in [3.8, 4) is 0 Å². The minimum Gasteiger partial charge on any atom is -0.293 e. The summed E-state index contributed by atoms with van der Waals surface area (Å²) in [5.41, 5.74) is 0. The smallest absolute Gasteiger partial charge is 0.293 e. The minimum absolute atomic E-state index is 0.408.